The second-order valence-electron chi connectivity index (χ2n) is 17.1. The fourth-order valence-electron chi connectivity index (χ4n) is 4.98. The minimum absolute atomic E-state index is 0.543. The molecule has 0 aromatic carbocycles. The third kappa shape index (κ3) is 23.7. The summed E-state index contributed by atoms with van der Waals surface area (Å²) in [4.78, 5) is 33.8. The maximum Gasteiger partial charge on any atom is 0.477 e. The van der Waals surface area contributed by atoms with Crippen LogP contribution in [0.15, 0.2) is 0 Å². The van der Waals surface area contributed by atoms with Crippen molar-refractivity contribution in [1.29, 1.82) is 0 Å². The first-order valence-electron chi connectivity index (χ1n) is 15.8. The van der Waals surface area contributed by atoms with Gasteiger partial charge in [0.05, 0.1) is 26.7 Å². The molecule has 0 saturated heterocycles. The van der Waals surface area contributed by atoms with E-state index in [4.69, 9.17) is 20.6 Å². The smallest absolute Gasteiger partial charge is 0.438 e. The van der Waals surface area contributed by atoms with Gasteiger partial charge in [-0.3, -0.25) is 0 Å². The molecule has 1 atom stereocenters. The largest absolute Gasteiger partial charge is 0.477 e. The van der Waals surface area contributed by atoms with Gasteiger partial charge in [-0.2, -0.15) is 0 Å². The van der Waals surface area contributed by atoms with Gasteiger partial charge in [-0.1, -0.05) is 0 Å². The van der Waals surface area contributed by atoms with Gasteiger partial charge in [-0.05, 0) is 111 Å². The van der Waals surface area contributed by atoms with Crippen LogP contribution in [0.1, 0.15) is 19.3 Å². The number of hydrogen-bond acceptors (Lipinski definition) is 8. The fourth-order valence-corrected chi connectivity index (χ4v) is 28.5. The molecule has 0 aliphatic heterocycles. The molecule has 3 N–H and O–H groups in total. The first kappa shape index (κ1) is 43.4. The van der Waals surface area contributed by atoms with E-state index in [1.54, 1.807) is 0 Å². The molecule has 0 bridgehead atoms. The molecular formula is C25H70NO8Si8+. The first-order valence-corrected chi connectivity index (χ1v) is 38.6. The van der Waals surface area contributed by atoms with Crippen molar-refractivity contribution >= 4 is 68.5 Å². The molecule has 17 heteroatoms. The van der Waals surface area contributed by atoms with Crippen molar-refractivity contribution in [3.8, 4) is 0 Å². The first-order chi connectivity index (χ1) is 18.3. The predicted molar refractivity (Wildman–Crippen MR) is 197 cm³/mol. The zero-order valence-corrected chi connectivity index (χ0v) is 38.4. The average molecular weight is 738 g/mol. The van der Waals surface area contributed by atoms with Crippen LogP contribution in [0.5, 0.6) is 0 Å². The Morgan fingerprint density at radius 2 is 0.786 bits per heavy atom. The van der Waals surface area contributed by atoms with Crippen LogP contribution in [0, 0.1) is 0 Å². The standard InChI is InChI=1S/C25H70NO8Si8/c1-26(20-17-23-35(27)30-36(2,3)4,21-18-24-41(28,31-37(5,6)7)32-38(8,9)10)22-19-25-42(29,33-39(11,12)13)34-40(14,15)16/h27-29,35H,17-25H2,1-16H3/q+1. The average Bonchev–Trinajstić information content (AvgIpc) is 2.59. The highest BCUT2D eigenvalue weighted by Gasteiger charge is 2.46. The van der Waals surface area contributed by atoms with Gasteiger partial charge in [0.25, 0.3) is 0 Å². The molecule has 0 radical (unpaired) electrons. The quantitative estimate of drug-likeness (QED) is 0.0928. The van der Waals surface area contributed by atoms with Crippen LogP contribution < -0.4 is 0 Å². The predicted octanol–water partition coefficient (Wildman–Crippen LogP) is 5.94. The maximum absolute atomic E-state index is 11.6. The Balaban J connectivity index is 5.73. The molecular weight excluding hydrogens is 667 g/mol. The zero-order valence-electron chi connectivity index (χ0n) is 30.3. The highest BCUT2D eigenvalue weighted by Crippen LogP contribution is 2.27. The molecule has 42 heavy (non-hydrogen) atoms. The molecule has 0 aliphatic rings. The van der Waals surface area contributed by atoms with E-state index in [-0.39, 0.29) is 0 Å². The van der Waals surface area contributed by atoms with E-state index in [0.29, 0.717) is 12.1 Å². The van der Waals surface area contributed by atoms with Gasteiger partial charge in [0.1, 0.15) is 0 Å². The molecule has 0 saturated carbocycles. The van der Waals surface area contributed by atoms with Gasteiger partial charge in [-0.25, -0.2) is 0 Å². The highest BCUT2D eigenvalue weighted by atomic mass is 28.5. The van der Waals surface area contributed by atoms with Gasteiger partial charge in [0, 0.05) is 24.9 Å². The Morgan fingerprint density at radius 3 is 1.05 bits per heavy atom. The topological polar surface area (TPSA) is 107 Å². The molecule has 0 aliphatic carbocycles. The van der Waals surface area contributed by atoms with Crippen LogP contribution in [0.2, 0.25) is 116 Å². The Hall–Kier alpha value is 1.38. The lowest BCUT2D eigenvalue weighted by Crippen LogP contribution is -2.56. The van der Waals surface area contributed by atoms with Crippen LogP contribution in [-0.2, 0) is 20.6 Å². The summed E-state index contributed by atoms with van der Waals surface area (Å²) in [7, 11) is -16.3. The summed E-state index contributed by atoms with van der Waals surface area (Å²) in [5.74, 6) is 0. The number of rotatable bonds is 22. The summed E-state index contributed by atoms with van der Waals surface area (Å²) in [6, 6.07) is 1.81. The maximum atomic E-state index is 11.6. The lowest BCUT2D eigenvalue weighted by Gasteiger charge is -2.39. The minimum Gasteiger partial charge on any atom is -0.438 e. The molecule has 9 nitrogen and oxygen atoms in total. The van der Waals surface area contributed by atoms with Gasteiger partial charge in [0.15, 0.2) is 41.6 Å². The highest BCUT2D eigenvalue weighted by molar-refractivity contribution is 6.86. The summed E-state index contributed by atoms with van der Waals surface area (Å²) in [5, 5.41) is 0. The molecule has 0 aromatic heterocycles. The lowest BCUT2D eigenvalue weighted by atomic mass is 10.2. The summed E-state index contributed by atoms with van der Waals surface area (Å²) < 4.78 is 32.1. The van der Waals surface area contributed by atoms with Crippen LogP contribution in [0.25, 0.3) is 0 Å². The van der Waals surface area contributed by atoms with Crippen molar-refractivity contribution in [1.82, 2.24) is 0 Å². The molecule has 0 heterocycles. The summed E-state index contributed by atoms with van der Waals surface area (Å²) in [5.41, 5.74) is 0. The second-order valence-corrected chi connectivity index (χ2v) is 47.8. The van der Waals surface area contributed by atoms with Crippen LogP contribution in [0.3, 0.4) is 0 Å². The molecule has 1 unspecified atom stereocenters. The third-order valence-electron chi connectivity index (χ3n) is 5.88. The zero-order chi connectivity index (χ0) is 33.5. The molecule has 0 fully saturated rings. The molecule has 254 valence electrons. The van der Waals surface area contributed by atoms with E-state index in [1.807, 2.05) is 0 Å². The molecule has 0 rings (SSSR count). The SMILES string of the molecule is C[N+](CCC[SiH](O)O[Si](C)(C)C)(CCC[Si](O)(O[Si](C)(C)C)O[Si](C)(C)C)CCC[Si](O)(O[Si](C)(C)C)O[Si](C)(C)C. The van der Waals surface area contributed by atoms with Crippen molar-refractivity contribution in [2.75, 3.05) is 26.7 Å². The van der Waals surface area contributed by atoms with E-state index in [2.05, 4.69) is 105 Å². The van der Waals surface area contributed by atoms with Crippen molar-refractivity contribution in [3.63, 3.8) is 0 Å². The Labute approximate surface area is 269 Å². The van der Waals surface area contributed by atoms with E-state index in [1.165, 1.54) is 0 Å². The lowest BCUT2D eigenvalue weighted by molar-refractivity contribution is -0.909. The van der Waals surface area contributed by atoms with Crippen LogP contribution in [-0.4, -0.2) is 114 Å². The minimum atomic E-state index is -3.31. The van der Waals surface area contributed by atoms with Crippen molar-refractivity contribution in [2.45, 2.75) is 136 Å². The van der Waals surface area contributed by atoms with E-state index < -0.39 is 68.5 Å². The summed E-state index contributed by atoms with van der Waals surface area (Å²) >= 11 is 0. The summed E-state index contributed by atoms with van der Waals surface area (Å²) in [6.07, 6.45) is 2.46. The Kier molecular flexibility index (Phi) is 17.0. The van der Waals surface area contributed by atoms with E-state index >= 15 is 0 Å². The number of quaternary nitrogens is 1. The molecule has 0 aromatic rings. The van der Waals surface area contributed by atoms with Crippen LogP contribution >= 0.6 is 0 Å². The van der Waals surface area contributed by atoms with Gasteiger partial charge in [-0.15, -0.1) is 0 Å². The van der Waals surface area contributed by atoms with Crippen molar-refractivity contribution < 1.29 is 39.4 Å². The Morgan fingerprint density at radius 1 is 0.500 bits per heavy atom. The normalized spacial score (nSPS) is 15.8. The Bertz CT molecular complexity index is 712. The van der Waals surface area contributed by atoms with E-state index in [9.17, 15) is 14.4 Å². The van der Waals surface area contributed by atoms with Gasteiger partial charge >= 0.3 is 26.9 Å². The second kappa shape index (κ2) is 16.5. The van der Waals surface area contributed by atoms with E-state index in [0.717, 1.165) is 49.4 Å². The molecule has 0 amide bonds. The molecule has 0 spiro atoms. The van der Waals surface area contributed by atoms with Crippen molar-refractivity contribution in [2.24, 2.45) is 0 Å². The van der Waals surface area contributed by atoms with Gasteiger partial charge < -0.3 is 39.4 Å². The van der Waals surface area contributed by atoms with Crippen LogP contribution in [0.4, 0.5) is 0 Å². The third-order valence-corrected chi connectivity index (χ3v) is 27.6. The monoisotopic (exact) mass is 736 g/mol. The fraction of sp³-hybridized carbons (Fsp3) is 1.00. The number of hydrogen-bond donors (Lipinski definition) is 3. The van der Waals surface area contributed by atoms with Crippen molar-refractivity contribution in [3.05, 3.63) is 0 Å². The number of nitrogens with zero attached hydrogens (tertiary/aromatic N) is 1. The van der Waals surface area contributed by atoms with Gasteiger partial charge in [0.2, 0.25) is 0 Å². The summed E-state index contributed by atoms with van der Waals surface area (Å²) in [6.45, 7) is 34.2.